The van der Waals surface area contributed by atoms with Crippen LogP contribution in [0.2, 0.25) is 0 Å². The van der Waals surface area contributed by atoms with E-state index in [1.165, 1.54) is 25.9 Å². The Morgan fingerprint density at radius 3 is 2.44 bits per heavy atom. The maximum Gasteiger partial charge on any atom is 0.326 e. The van der Waals surface area contributed by atoms with Crippen molar-refractivity contribution >= 4 is 29.7 Å². The molecule has 0 aliphatic heterocycles. The highest BCUT2D eigenvalue weighted by Crippen LogP contribution is 2.01. The number of urea groups is 1. The van der Waals surface area contributed by atoms with Gasteiger partial charge in [0.1, 0.15) is 12.6 Å². The largest absolute Gasteiger partial charge is 0.480 e. The van der Waals surface area contributed by atoms with Gasteiger partial charge in [-0.1, -0.05) is 0 Å². The smallest absolute Gasteiger partial charge is 0.326 e. The van der Waals surface area contributed by atoms with E-state index in [9.17, 15) is 14.4 Å². The standard InChI is InChI=1S/C10H19N3O4S/c1-11-8(14)6-13(2)10(17)12-7(9(15)16)4-5-18-3/h7H,4-6H2,1-3H3,(H,11,14)(H,12,17)(H,15,16)/t7-/m0/s1. The first-order valence-electron chi connectivity index (χ1n) is 5.36. The molecule has 0 aromatic rings. The van der Waals surface area contributed by atoms with Crippen molar-refractivity contribution in [1.82, 2.24) is 15.5 Å². The molecule has 18 heavy (non-hydrogen) atoms. The highest BCUT2D eigenvalue weighted by Gasteiger charge is 2.21. The molecule has 0 rings (SSSR count). The number of aliphatic carboxylic acids is 1. The van der Waals surface area contributed by atoms with Crippen LogP contribution in [0.4, 0.5) is 4.79 Å². The van der Waals surface area contributed by atoms with Crippen LogP contribution in [0.25, 0.3) is 0 Å². The van der Waals surface area contributed by atoms with Crippen molar-refractivity contribution in [3.05, 3.63) is 0 Å². The third-order valence-corrected chi connectivity index (χ3v) is 2.86. The highest BCUT2D eigenvalue weighted by molar-refractivity contribution is 7.98. The first-order valence-corrected chi connectivity index (χ1v) is 6.75. The fraction of sp³-hybridized carbons (Fsp3) is 0.700. The second-order valence-electron chi connectivity index (χ2n) is 3.65. The van der Waals surface area contributed by atoms with Crippen LogP contribution in [0, 0.1) is 0 Å². The van der Waals surface area contributed by atoms with Crippen molar-refractivity contribution in [3.63, 3.8) is 0 Å². The minimum Gasteiger partial charge on any atom is -0.480 e. The molecule has 0 unspecified atom stereocenters. The number of thioether (sulfide) groups is 1. The zero-order valence-corrected chi connectivity index (χ0v) is 11.5. The van der Waals surface area contributed by atoms with Gasteiger partial charge < -0.3 is 20.6 Å². The number of amides is 3. The summed E-state index contributed by atoms with van der Waals surface area (Å²) in [7, 11) is 2.89. The van der Waals surface area contributed by atoms with Crippen molar-refractivity contribution in [1.29, 1.82) is 0 Å². The van der Waals surface area contributed by atoms with E-state index in [2.05, 4.69) is 10.6 Å². The number of carbonyl (C=O) groups excluding carboxylic acids is 2. The fourth-order valence-corrected chi connectivity index (χ4v) is 1.59. The number of rotatable bonds is 7. The number of nitrogens with one attached hydrogen (secondary N) is 2. The summed E-state index contributed by atoms with van der Waals surface area (Å²) in [5, 5.41) is 13.7. The molecule has 0 bridgehead atoms. The quantitative estimate of drug-likeness (QED) is 0.587. The van der Waals surface area contributed by atoms with Gasteiger partial charge >= 0.3 is 12.0 Å². The number of likely N-dealkylation sites (N-methyl/N-ethyl adjacent to an activating group) is 2. The number of carboxylic acids is 1. The lowest BCUT2D eigenvalue weighted by Crippen LogP contribution is -2.49. The fourth-order valence-electron chi connectivity index (χ4n) is 1.12. The molecule has 3 amide bonds. The molecule has 0 aromatic carbocycles. The Bertz CT molecular complexity index is 311. The topological polar surface area (TPSA) is 98.7 Å². The molecule has 3 N–H and O–H groups in total. The van der Waals surface area contributed by atoms with E-state index in [4.69, 9.17) is 5.11 Å². The molecule has 0 aromatic heterocycles. The second kappa shape index (κ2) is 8.62. The molecule has 0 saturated carbocycles. The summed E-state index contributed by atoms with van der Waals surface area (Å²) in [5.74, 6) is -0.759. The summed E-state index contributed by atoms with van der Waals surface area (Å²) in [6.07, 6.45) is 2.20. The molecule has 7 nitrogen and oxygen atoms in total. The number of carboxylic acid groups (broad SMARTS) is 1. The van der Waals surface area contributed by atoms with Crippen LogP contribution in [0.3, 0.4) is 0 Å². The number of hydrogen-bond acceptors (Lipinski definition) is 4. The Balaban J connectivity index is 4.31. The van der Waals surface area contributed by atoms with Gasteiger partial charge in [0.2, 0.25) is 5.91 Å². The van der Waals surface area contributed by atoms with Gasteiger partial charge in [0.25, 0.3) is 0 Å². The van der Waals surface area contributed by atoms with Crippen LogP contribution in [-0.4, -0.2) is 66.6 Å². The van der Waals surface area contributed by atoms with E-state index < -0.39 is 18.0 Å². The highest BCUT2D eigenvalue weighted by atomic mass is 32.2. The van der Waals surface area contributed by atoms with Crippen molar-refractivity contribution in [2.24, 2.45) is 0 Å². The molecule has 0 aliphatic rings. The summed E-state index contributed by atoms with van der Waals surface area (Å²) < 4.78 is 0. The van der Waals surface area contributed by atoms with E-state index >= 15 is 0 Å². The molecule has 0 heterocycles. The Hall–Kier alpha value is -1.44. The van der Waals surface area contributed by atoms with Crippen LogP contribution in [0.5, 0.6) is 0 Å². The number of hydrogen-bond donors (Lipinski definition) is 3. The van der Waals surface area contributed by atoms with Crippen molar-refractivity contribution in [3.8, 4) is 0 Å². The Kier molecular flexibility index (Phi) is 7.93. The van der Waals surface area contributed by atoms with Crippen LogP contribution in [0.15, 0.2) is 0 Å². The third-order valence-electron chi connectivity index (χ3n) is 2.21. The van der Waals surface area contributed by atoms with Crippen LogP contribution in [0.1, 0.15) is 6.42 Å². The Labute approximate surface area is 110 Å². The summed E-state index contributed by atoms with van der Waals surface area (Å²) in [4.78, 5) is 34.8. The third kappa shape index (κ3) is 6.33. The van der Waals surface area contributed by atoms with Gasteiger partial charge in [0.05, 0.1) is 0 Å². The monoisotopic (exact) mass is 277 g/mol. The molecular formula is C10H19N3O4S. The molecular weight excluding hydrogens is 258 g/mol. The van der Waals surface area contributed by atoms with E-state index in [1.54, 1.807) is 0 Å². The van der Waals surface area contributed by atoms with Gasteiger partial charge in [-0.05, 0) is 18.4 Å². The van der Waals surface area contributed by atoms with Crippen molar-refractivity contribution < 1.29 is 19.5 Å². The zero-order valence-electron chi connectivity index (χ0n) is 10.7. The van der Waals surface area contributed by atoms with Crippen molar-refractivity contribution in [2.75, 3.05) is 32.6 Å². The van der Waals surface area contributed by atoms with E-state index in [0.717, 1.165) is 4.90 Å². The van der Waals surface area contributed by atoms with Gasteiger partial charge in [0, 0.05) is 14.1 Å². The maximum absolute atomic E-state index is 11.6. The van der Waals surface area contributed by atoms with E-state index in [0.29, 0.717) is 12.2 Å². The van der Waals surface area contributed by atoms with Gasteiger partial charge in [-0.15, -0.1) is 0 Å². The van der Waals surface area contributed by atoms with Crippen LogP contribution in [-0.2, 0) is 9.59 Å². The first kappa shape index (κ1) is 16.6. The summed E-state index contributed by atoms with van der Waals surface area (Å²) >= 11 is 1.50. The van der Waals surface area contributed by atoms with E-state index in [-0.39, 0.29) is 12.5 Å². The van der Waals surface area contributed by atoms with Gasteiger partial charge in [-0.3, -0.25) is 4.79 Å². The number of nitrogens with zero attached hydrogens (tertiary/aromatic N) is 1. The molecule has 0 spiro atoms. The van der Waals surface area contributed by atoms with Crippen LogP contribution < -0.4 is 10.6 Å². The predicted molar refractivity (Wildman–Crippen MR) is 69.7 cm³/mol. The minimum atomic E-state index is -1.08. The lowest BCUT2D eigenvalue weighted by molar-refractivity contribution is -0.139. The van der Waals surface area contributed by atoms with Crippen molar-refractivity contribution in [2.45, 2.75) is 12.5 Å². The van der Waals surface area contributed by atoms with Gasteiger partial charge in [0.15, 0.2) is 0 Å². The van der Waals surface area contributed by atoms with Gasteiger partial charge in [-0.2, -0.15) is 11.8 Å². The zero-order chi connectivity index (χ0) is 14.1. The Morgan fingerprint density at radius 1 is 1.39 bits per heavy atom. The van der Waals surface area contributed by atoms with E-state index in [1.807, 2.05) is 6.26 Å². The lowest BCUT2D eigenvalue weighted by Gasteiger charge is -2.20. The molecule has 0 aliphatic carbocycles. The first-order chi connectivity index (χ1) is 8.42. The molecule has 0 radical (unpaired) electrons. The SMILES string of the molecule is CNC(=O)CN(C)C(=O)N[C@@H](CCSC)C(=O)O. The normalized spacial score (nSPS) is 11.5. The summed E-state index contributed by atoms with van der Waals surface area (Å²) in [6.45, 7) is -0.114. The summed E-state index contributed by atoms with van der Waals surface area (Å²) in [5.41, 5.74) is 0. The average molecular weight is 277 g/mol. The van der Waals surface area contributed by atoms with Gasteiger partial charge in [-0.25, -0.2) is 9.59 Å². The minimum absolute atomic E-state index is 0.114. The number of carbonyl (C=O) groups is 3. The second-order valence-corrected chi connectivity index (χ2v) is 4.64. The van der Waals surface area contributed by atoms with Crippen LogP contribution >= 0.6 is 11.8 Å². The molecule has 0 fully saturated rings. The predicted octanol–water partition coefficient (Wildman–Crippen LogP) is -0.420. The maximum atomic E-state index is 11.6. The molecule has 1 atom stereocenters. The summed E-state index contributed by atoms with van der Waals surface area (Å²) in [6, 6.07) is -1.51. The molecule has 0 saturated heterocycles. The average Bonchev–Trinajstić information content (AvgIpc) is 2.33. The lowest BCUT2D eigenvalue weighted by atomic mass is 10.2. The Morgan fingerprint density at radius 2 is 2.00 bits per heavy atom. The molecule has 104 valence electrons. The molecule has 8 heteroatoms.